The molecule has 1 rings (SSSR count). The molecule has 6 heteroatoms. The lowest BCUT2D eigenvalue weighted by Crippen LogP contribution is -2.41. The van der Waals surface area contributed by atoms with Crippen molar-refractivity contribution in [3.05, 3.63) is 35.1 Å². The summed E-state index contributed by atoms with van der Waals surface area (Å²) in [4.78, 5) is 16.0. The maximum absolute atomic E-state index is 13.4. The Morgan fingerprint density at radius 1 is 1.13 bits per heavy atom. The molecule has 3 N–H and O–H groups in total. The molecular formula is C17H27FN4O. The Labute approximate surface area is 137 Å². The first-order chi connectivity index (χ1) is 11.1. The Morgan fingerprint density at radius 2 is 1.83 bits per heavy atom. The lowest BCUT2D eigenvalue weighted by molar-refractivity contribution is 0.0954. The number of rotatable bonds is 8. The van der Waals surface area contributed by atoms with E-state index in [4.69, 9.17) is 0 Å². The van der Waals surface area contributed by atoms with Crippen LogP contribution < -0.4 is 16.0 Å². The van der Waals surface area contributed by atoms with Crippen LogP contribution in [0.5, 0.6) is 0 Å². The van der Waals surface area contributed by atoms with Crippen molar-refractivity contribution < 1.29 is 9.18 Å². The van der Waals surface area contributed by atoms with Crippen molar-refractivity contribution in [1.29, 1.82) is 0 Å². The molecule has 0 aliphatic carbocycles. The monoisotopic (exact) mass is 322 g/mol. The van der Waals surface area contributed by atoms with E-state index >= 15 is 0 Å². The largest absolute Gasteiger partial charge is 0.356 e. The minimum Gasteiger partial charge on any atom is -0.356 e. The molecule has 5 nitrogen and oxygen atoms in total. The van der Waals surface area contributed by atoms with E-state index in [1.165, 1.54) is 18.9 Å². The molecular weight excluding hydrogens is 295 g/mol. The highest BCUT2D eigenvalue weighted by Gasteiger charge is 2.07. The van der Waals surface area contributed by atoms with Gasteiger partial charge in [0.2, 0.25) is 0 Å². The number of hydrogen-bond acceptors (Lipinski definition) is 2. The van der Waals surface area contributed by atoms with Gasteiger partial charge in [0.1, 0.15) is 5.82 Å². The Kier molecular flexibility index (Phi) is 8.72. The Bertz CT molecular complexity index is 531. The van der Waals surface area contributed by atoms with Crippen molar-refractivity contribution in [3.8, 4) is 0 Å². The van der Waals surface area contributed by atoms with E-state index < -0.39 is 0 Å². The summed E-state index contributed by atoms with van der Waals surface area (Å²) >= 11 is 0. The quantitative estimate of drug-likeness (QED) is 0.391. The number of aryl methyl sites for hydroxylation is 1. The maximum atomic E-state index is 13.4. The van der Waals surface area contributed by atoms with E-state index in [1.54, 1.807) is 26.1 Å². The fraction of sp³-hybridized carbons (Fsp3) is 0.529. The first kappa shape index (κ1) is 18.9. The molecule has 1 aromatic rings. The smallest absolute Gasteiger partial charge is 0.251 e. The highest BCUT2D eigenvalue weighted by atomic mass is 19.1. The van der Waals surface area contributed by atoms with Crippen molar-refractivity contribution >= 4 is 11.9 Å². The molecule has 128 valence electrons. The molecule has 1 aromatic carbocycles. The van der Waals surface area contributed by atoms with Crippen molar-refractivity contribution in [3.63, 3.8) is 0 Å². The standard InChI is InChI=1S/C17H27FN4O/c1-4-5-6-9-21-17(19-3)22-11-10-20-16(23)14-8-7-13(2)15(18)12-14/h7-8,12H,4-6,9-11H2,1-3H3,(H,20,23)(H2,19,21,22). The van der Waals surface area contributed by atoms with E-state index in [-0.39, 0.29) is 11.7 Å². The molecule has 0 spiro atoms. The summed E-state index contributed by atoms with van der Waals surface area (Å²) in [5, 5.41) is 9.09. The van der Waals surface area contributed by atoms with Crippen LogP contribution in [0, 0.1) is 12.7 Å². The zero-order chi connectivity index (χ0) is 17.1. The van der Waals surface area contributed by atoms with Crippen LogP contribution >= 0.6 is 0 Å². The zero-order valence-corrected chi connectivity index (χ0v) is 14.2. The fourth-order valence-corrected chi connectivity index (χ4v) is 2.00. The summed E-state index contributed by atoms with van der Waals surface area (Å²) in [5.41, 5.74) is 0.858. The van der Waals surface area contributed by atoms with Crippen molar-refractivity contribution in [2.24, 2.45) is 4.99 Å². The maximum Gasteiger partial charge on any atom is 0.251 e. The van der Waals surface area contributed by atoms with Gasteiger partial charge in [-0.25, -0.2) is 4.39 Å². The van der Waals surface area contributed by atoms with Crippen LogP contribution in [0.15, 0.2) is 23.2 Å². The number of halogens is 1. The second-order valence-corrected chi connectivity index (χ2v) is 5.35. The molecule has 0 aliphatic rings. The van der Waals surface area contributed by atoms with Gasteiger partial charge in [0.15, 0.2) is 5.96 Å². The first-order valence-electron chi connectivity index (χ1n) is 8.07. The second-order valence-electron chi connectivity index (χ2n) is 5.35. The van der Waals surface area contributed by atoms with Crippen LogP contribution in [0.1, 0.15) is 42.1 Å². The Hall–Kier alpha value is -2.11. The number of guanidine groups is 1. The minimum atomic E-state index is -0.368. The molecule has 0 fully saturated rings. The van der Waals surface area contributed by atoms with Crippen LogP contribution in [-0.2, 0) is 0 Å². The van der Waals surface area contributed by atoms with Gasteiger partial charge in [-0.2, -0.15) is 0 Å². The zero-order valence-electron chi connectivity index (χ0n) is 14.2. The molecule has 23 heavy (non-hydrogen) atoms. The van der Waals surface area contributed by atoms with Gasteiger partial charge in [-0.3, -0.25) is 9.79 Å². The van der Waals surface area contributed by atoms with Gasteiger partial charge in [-0.1, -0.05) is 25.8 Å². The van der Waals surface area contributed by atoms with Crippen LogP contribution in [0.25, 0.3) is 0 Å². The number of carbonyl (C=O) groups excluding carboxylic acids is 1. The van der Waals surface area contributed by atoms with Gasteiger partial charge >= 0.3 is 0 Å². The average molecular weight is 322 g/mol. The summed E-state index contributed by atoms with van der Waals surface area (Å²) in [6.07, 6.45) is 3.47. The van der Waals surface area contributed by atoms with Gasteiger partial charge in [-0.05, 0) is 31.0 Å². The molecule has 0 saturated heterocycles. The number of aliphatic imine (C=N–C) groups is 1. The van der Waals surface area contributed by atoms with Crippen LogP contribution in [0.3, 0.4) is 0 Å². The van der Waals surface area contributed by atoms with E-state index in [2.05, 4.69) is 27.9 Å². The molecule has 0 heterocycles. The molecule has 0 saturated carbocycles. The van der Waals surface area contributed by atoms with Crippen molar-refractivity contribution in [2.45, 2.75) is 33.1 Å². The van der Waals surface area contributed by atoms with E-state index in [0.29, 0.717) is 24.2 Å². The fourth-order valence-electron chi connectivity index (χ4n) is 2.00. The third kappa shape index (κ3) is 7.13. The number of benzene rings is 1. The van der Waals surface area contributed by atoms with Gasteiger partial charge in [0.25, 0.3) is 5.91 Å². The third-order valence-corrected chi connectivity index (χ3v) is 3.43. The average Bonchev–Trinajstić information content (AvgIpc) is 2.55. The molecule has 0 unspecified atom stereocenters. The van der Waals surface area contributed by atoms with Gasteiger partial charge in [0, 0.05) is 32.2 Å². The molecule has 0 aliphatic heterocycles. The molecule has 0 bridgehead atoms. The van der Waals surface area contributed by atoms with Crippen LogP contribution in [-0.4, -0.2) is 38.5 Å². The third-order valence-electron chi connectivity index (χ3n) is 3.43. The highest BCUT2D eigenvalue weighted by Crippen LogP contribution is 2.08. The topological polar surface area (TPSA) is 65.5 Å². The molecule has 0 aromatic heterocycles. The van der Waals surface area contributed by atoms with Crippen LogP contribution in [0.2, 0.25) is 0 Å². The second kappa shape index (κ2) is 10.6. The molecule has 0 atom stereocenters. The van der Waals surface area contributed by atoms with Crippen molar-refractivity contribution in [1.82, 2.24) is 16.0 Å². The minimum absolute atomic E-state index is 0.281. The van der Waals surface area contributed by atoms with E-state index in [1.807, 2.05) is 0 Å². The summed E-state index contributed by atoms with van der Waals surface area (Å²) in [7, 11) is 1.71. The SMILES string of the molecule is CCCCCNC(=NC)NCCNC(=O)c1ccc(C)c(F)c1. The number of amides is 1. The number of unbranched alkanes of at least 4 members (excludes halogenated alkanes) is 2. The van der Waals surface area contributed by atoms with Gasteiger partial charge in [-0.15, -0.1) is 0 Å². The summed E-state index contributed by atoms with van der Waals surface area (Å²) in [5.74, 6) is 0.0702. The Morgan fingerprint density at radius 3 is 2.48 bits per heavy atom. The lowest BCUT2D eigenvalue weighted by Gasteiger charge is -2.12. The van der Waals surface area contributed by atoms with Crippen LogP contribution in [0.4, 0.5) is 4.39 Å². The lowest BCUT2D eigenvalue weighted by atomic mass is 10.1. The number of nitrogens with zero attached hydrogens (tertiary/aromatic N) is 1. The molecule has 0 radical (unpaired) electrons. The van der Waals surface area contributed by atoms with Gasteiger partial charge < -0.3 is 16.0 Å². The number of carbonyl (C=O) groups is 1. The van der Waals surface area contributed by atoms with E-state index in [0.717, 1.165) is 18.9 Å². The number of nitrogens with one attached hydrogen (secondary N) is 3. The number of hydrogen-bond donors (Lipinski definition) is 3. The molecule has 1 amide bonds. The predicted octanol–water partition coefficient (Wildman–Crippen LogP) is 2.22. The predicted molar refractivity (Wildman–Crippen MR) is 92.4 cm³/mol. The first-order valence-corrected chi connectivity index (χ1v) is 8.07. The van der Waals surface area contributed by atoms with E-state index in [9.17, 15) is 9.18 Å². The Balaban J connectivity index is 2.27. The highest BCUT2D eigenvalue weighted by molar-refractivity contribution is 5.94. The summed E-state index contributed by atoms with van der Waals surface area (Å²) in [6.45, 7) is 5.69. The summed E-state index contributed by atoms with van der Waals surface area (Å²) < 4.78 is 13.4. The normalized spacial score (nSPS) is 11.2. The summed E-state index contributed by atoms with van der Waals surface area (Å²) in [6, 6.07) is 4.48. The van der Waals surface area contributed by atoms with Gasteiger partial charge in [0.05, 0.1) is 0 Å². The van der Waals surface area contributed by atoms with Crippen molar-refractivity contribution in [2.75, 3.05) is 26.7 Å².